The van der Waals surface area contributed by atoms with Crippen molar-refractivity contribution in [3.8, 4) is 0 Å². The van der Waals surface area contributed by atoms with Gasteiger partial charge in [-0.2, -0.15) is 0 Å². The highest BCUT2D eigenvalue weighted by atomic mass is 35.5. The lowest BCUT2D eigenvalue weighted by Gasteiger charge is -2.08. The average molecular weight is 160 g/mol. The van der Waals surface area contributed by atoms with Crippen LogP contribution in [-0.2, 0) is 0 Å². The fraction of sp³-hybridized carbons (Fsp3) is 0.500. The van der Waals surface area contributed by atoms with Crippen LogP contribution < -0.4 is 5.32 Å². The summed E-state index contributed by atoms with van der Waals surface area (Å²) in [7, 11) is 0. The lowest BCUT2D eigenvalue weighted by molar-refractivity contribution is 0.669. The van der Waals surface area contributed by atoms with Crippen molar-refractivity contribution in [1.82, 2.24) is 5.32 Å². The monoisotopic (exact) mass is 159 g/mol. The predicted molar refractivity (Wildman–Crippen MR) is 47.0 cm³/mol. The van der Waals surface area contributed by atoms with E-state index in [1.807, 2.05) is 13.0 Å². The van der Waals surface area contributed by atoms with Gasteiger partial charge in [-0.1, -0.05) is 18.2 Å². The zero-order valence-corrected chi connectivity index (χ0v) is 7.50. The summed E-state index contributed by atoms with van der Waals surface area (Å²) < 4.78 is 0. The quantitative estimate of drug-likeness (QED) is 0.625. The minimum Gasteiger partial charge on any atom is -0.386 e. The summed E-state index contributed by atoms with van der Waals surface area (Å²) >= 11 is 5.55. The number of halogens is 1. The Labute approximate surface area is 67.8 Å². The van der Waals surface area contributed by atoms with E-state index >= 15 is 0 Å². The van der Waals surface area contributed by atoms with Crippen LogP contribution in [0.5, 0.6) is 0 Å². The number of rotatable bonds is 3. The molecule has 0 aromatic carbocycles. The van der Waals surface area contributed by atoms with Gasteiger partial charge in [0.25, 0.3) is 0 Å². The van der Waals surface area contributed by atoms with Crippen LogP contribution in [0.25, 0.3) is 0 Å². The van der Waals surface area contributed by atoms with Crippen molar-refractivity contribution in [2.75, 3.05) is 0 Å². The van der Waals surface area contributed by atoms with Crippen LogP contribution in [0.15, 0.2) is 23.4 Å². The van der Waals surface area contributed by atoms with Crippen molar-refractivity contribution < 1.29 is 0 Å². The fourth-order valence-corrected chi connectivity index (χ4v) is 0.896. The molecule has 0 heterocycles. The van der Waals surface area contributed by atoms with E-state index in [2.05, 4.69) is 25.7 Å². The third-order valence-electron chi connectivity index (χ3n) is 0.889. The maximum absolute atomic E-state index is 5.55. The van der Waals surface area contributed by atoms with Crippen LogP contribution in [0.3, 0.4) is 0 Å². The Bertz CT molecular complexity index is 147. The summed E-state index contributed by atoms with van der Waals surface area (Å²) in [5.41, 5.74) is 1.05. The molecule has 0 amide bonds. The highest BCUT2D eigenvalue weighted by molar-refractivity contribution is 6.30. The highest BCUT2D eigenvalue weighted by Gasteiger charge is 1.91. The van der Waals surface area contributed by atoms with Crippen molar-refractivity contribution in [2.45, 2.75) is 26.8 Å². The third kappa shape index (κ3) is 5.70. The fourth-order valence-electron chi connectivity index (χ4n) is 0.732. The molecule has 0 radical (unpaired) electrons. The van der Waals surface area contributed by atoms with Crippen molar-refractivity contribution >= 4 is 11.6 Å². The van der Waals surface area contributed by atoms with Crippen LogP contribution in [-0.4, -0.2) is 6.04 Å². The largest absolute Gasteiger partial charge is 0.386 e. The molecule has 2 heteroatoms. The molecule has 0 saturated heterocycles. The first-order chi connectivity index (χ1) is 4.52. The summed E-state index contributed by atoms with van der Waals surface area (Å²) in [6, 6.07) is 0.451. The molecule has 1 nitrogen and oxygen atoms in total. The molecule has 0 aliphatic carbocycles. The number of nitrogens with one attached hydrogen (secondary N) is 1. The maximum Gasteiger partial charge on any atom is 0.0351 e. The van der Waals surface area contributed by atoms with Crippen molar-refractivity contribution in [3.05, 3.63) is 23.4 Å². The molecule has 0 saturated carbocycles. The number of allylic oxidation sites excluding steroid dienone is 3. The van der Waals surface area contributed by atoms with E-state index in [1.165, 1.54) is 0 Å². The third-order valence-corrected chi connectivity index (χ3v) is 0.999. The Morgan fingerprint density at radius 2 is 2.10 bits per heavy atom. The SMILES string of the molecule is C=C(Cl)/C=C(\C)NC(C)C. The molecule has 0 aliphatic heterocycles. The van der Waals surface area contributed by atoms with Gasteiger partial charge < -0.3 is 5.32 Å². The van der Waals surface area contributed by atoms with Crippen LogP contribution in [0.4, 0.5) is 0 Å². The van der Waals surface area contributed by atoms with Gasteiger partial charge in [-0.3, -0.25) is 0 Å². The normalized spacial score (nSPS) is 11.9. The van der Waals surface area contributed by atoms with Gasteiger partial charge in [0.15, 0.2) is 0 Å². The average Bonchev–Trinajstić information content (AvgIpc) is 1.58. The van der Waals surface area contributed by atoms with Crippen molar-refractivity contribution in [1.29, 1.82) is 0 Å². The van der Waals surface area contributed by atoms with E-state index in [9.17, 15) is 0 Å². The first-order valence-electron chi connectivity index (χ1n) is 3.31. The molecule has 0 atom stereocenters. The summed E-state index contributed by atoms with van der Waals surface area (Å²) in [5.74, 6) is 0. The van der Waals surface area contributed by atoms with Crippen LogP contribution >= 0.6 is 11.6 Å². The Kier molecular flexibility index (Phi) is 4.21. The smallest absolute Gasteiger partial charge is 0.0351 e. The van der Waals surface area contributed by atoms with Crippen molar-refractivity contribution in [3.63, 3.8) is 0 Å². The maximum atomic E-state index is 5.55. The van der Waals surface area contributed by atoms with Crippen LogP contribution in [0.1, 0.15) is 20.8 Å². The predicted octanol–water partition coefficient (Wildman–Crippen LogP) is 2.64. The standard InChI is InChI=1S/C8H14ClN/c1-6(2)10-8(4)5-7(3)9/h5-6,10H,3H2,1-2,4H3/b8-5+. The lowest BCUT2D eigenvalue weighted by atomic mass is 10.3. The first kappa shape index (κ1) is 9.57. The first-order valence-corrected chi connectivity index (χ1v) is 3.69. The van der Waals surface area contributed by atoms with Gasteiger partial charge in [-0.15, -0.1) is 0 Å². The van der Waals surface area contributed by atoms with E-state index in [-0.39, 0.29) is 0 Å². The second kappa shape index (κ2) is 4.40. The summed E-state index contributed by atoms with van der Waals surface area (Å²) in [6.45, 7) is 9.67. The van der Waals surface area contributed by atoms with Crippen LogP contribution in [0.2, 0.25) is 0 Å². The van der Waals surface area contributed by atoms with E-state index in [0.29, 0.717) is 11.1 Å². The molecule has 0 unspecified atom stereocenters. The Morgan fingerprint density at radius 3 is 2.40 bits per heavy atom. The van der Waals surface area contributed by atoms with Gasteiger partial charge in [-0.25, -0.2) is 0 Å². The molecule has 0 rings (SSSR count). The minimum atomic E-state index is 0.451. The summed E-state index contributed by atoms with van der Waals surface area (Å²) in [6.07, 6.45) is 1.81. The molecular formula is C8H14ClN. The number of hydrogen-bond acceptors (Lipinski definition) is 1. The lowest BCUT2D eigenvalue weighted by Crippen LogP contribution is -2.20. The topological polar surface area (TPSA) is 12.0 Å². The Balaban J connectivity index is 3.83. The Hall–Kier alpha value is -0.430. The zero-order chi connectivity index (χ0) is 8.15. The van der Waals surface area contributed by atoms with Gasteiger partial charge in [-0.05, 0) is 26.8 Å². The van der Waals surface area contributed by atoms with E-state index in [1.54, 1.807) is 0 Å². The second-order valence-electron chi connectivity index (χ2n) is 2.57. The van der Waals surface area contributed by atoms with Gasteiger partial charge >= 0.3 is 0 Å². The van der Waals surface area contributed by atoms with E-state index in [4.69, 9.17) is 11.6 Å². The van der Waals surface area contributed by atoms with Gasteiger partial charge in [0.1, 0.15) is 0 Å². The molecule has 0 spiro atoms. The Morgan fingerprint density at radius 1 is 1.60 bits per heavy atom. The molecule has 0 bridgehead atoms. The summed E-state index contributed by atoms with van der Waals surface area (Å²) in [5, 5.41) is 3.75. The molecule has 0 aliphatic rings. The number of hydrogen-bond donors (Lipinski definition) is 1. The van der Waals surface area contributed by atoms with E-state index in [0.717, 1.165) is 5.70 Å². The van der Waals surface area contributed by atoms with Gasteiger partial charge in [0.2, 0.25) is 0 Å². The van der Waals surface area contributed by atoms with Crippen molar-refractivity contribution in [2.24, 2.45) is 0 Å². The van der Waals surface area contributed by atoms with E-state index < -0.39 is 0 Å². The molecule has 1 N–H and O–H groups in total. The minimum absolute atomic E-state index is 0.451. The summed E-state index contributed by atoms with van der Waals surface area (Å²) in [4.78, 5) is 0. The van der Waals surface area contributed by atoms with Crippen LogP contribution in [0, 0.1) is 0 Å². The second-order valence-corrected chi connectivity index (χ2v) is 3.06. The molecule has 10 heavy (non-hydrogen) atoms. The van der Waals surface area contributed by atoms with Gasteiger partial charge in [0, 0.05) is 16.8 Å². The molecule has 0 aromatic heterocycles. The molecule has 0 fully saturated rings. The molecule has 0 aromatic rings. The zero-order valence-electron chi connectivity index (χ0n) is 6.74. The molecular weight excluding hydrogens is 146 g/mol. The highest BCUT2D eigenvalue weighted by Crippen LogP contribution is 2.01. The molecule has 58 valence electrons. The van der Waals surface area contributed by atoms with Gasteiger partial charge in [0.05, 0.1) is 0 Å².